The monoisotopic (exact) mass is 289 g/mol. The van der Waals surface area contributed by atoms with Gasteiger partial charge in [0.1, 0.15) is 0 Å². The van der Waals surface area contributed by atoms with Gasteiger partial charge in [-0.1, -0.05) is 24.3 Å². The number of rotatable bonds is 5. The first-order chi connectivity index (χ1) is 10.0. The Balaban J connectivity index is 2.15. The average molecular weight is 289 g/mol. The van der Waals surface area contributed by atoms with Crippen molar-refractivity contribution in [3.8, 4) is 0 Å². The SMILES string of the molecule is CNC(Cc1ccc(F)c(F)c1)Cc1c(C)cccc1C. The summed E-state index contributed by atoms with van der Waals surface area (Å²) in [7, 11) is 1.90. The van der Waals surface area contributed by atoms with Gasteiger partial charge in [-0.3, -0.25) is 0 Å². The van der Waals surface area contributed by atoms with E-state index in [1.807, 2.05) is 7.05 Å². The van der Waals surface area contributed by atoms with Crippen molar-refractivity contribution in [3.63, 3.8) is 0 Å². The lowest BCUT2D eigenvalue weighted by Gasteiger charge is -2.19. The molecule has 21 heavy (non-hydrogen) atoms. The van der Waals surface area contributed by atoms with Gasteiger partial charge in [0.15, 0.2) is 11.6 Å². The van der Waals surface area contributed by atoms with E-state index >= 15 is 0 Å². The Bertz CT molecular complexity index is 602. The smallest absolute Gasteiger partial charge is 0.159 e. The molecule has 0 heterocycles. The third-order valence-electron chi connectivity index (χ3n) is 3.97. The number of hydrogen-bond donors (Lipinski definition) is 1. The molecule has 0 spiro atoms. The standard InChI is InChI=1S/C18H21F2N/c1-12-5-4-6-13(2)16(12)11-15(21-3)9-14-7-8-17(19)18(20)10-14/h4-8,10,15,21H,9,11H2,1-3H3. The van der Waals surface area contributed by atoms with Gasteiger partial charge >= 0.3 is 0 Å². The number of likely N-dealkylation sites (N-methyl/N-ethyl adjacent to an activating group) is 1. The molecule has 0 aliphatic carbocycles. The summed E-state index contributed by atoms with van der Waals surface area (Å²) < 4.78 is 26.3. The first-order valence-electron chi connectivity index (χ1n) is 7.17. The van der Waals surface area contributed by atoms with Crippen LogP contribution in [0.25, 0.3) is 0 Å². The summed E-state index contributed by atoms with van der Waals surface area (Å²) in [5.41, 5.74) is 4.65. The van der Waals surface area contributed by atoms with Crippen molar-refractivity contribution in [3.05, 3.63) is 70.3 Å². The summed E-state index contributed by atoms with van der Waals surface area (Å²) in [5, 5.41) is 3.27. The van der Waals surface area contributed by atoms with E-state index in [9.17, 15) is 8.78 Å². The summed E-state index contributed by atoms with van der Waals surface area (Å²) in [5.74, 6) is -1.58. The van der Waals surface area contributed by atoms with Crippen LogP contribution in [0.2, 0.25) is 0 Å². The van der Waals surface area contributed by atoms with Crippen molar-refractivity contribution in [2.75, 3.05) is 7.05 Å². The number of hydrogen-bond acceptors (Lipinski definition) is 1. The fourth-order valence-corrected chi connectivity index (χ4v) is 2.64. The molecular formula is C18H21F2N. The molecule has 2 aromatic rings. The highest BCUT2D eigenvalue weighted by Crippen LogP contribution is 2.18. The quantitative estimate of drug-likeness (QED) is 0.878. The lowest BCUT2D eigenvalue weighted by molar-refractivity contribution is 0.502. The molecule has 0 aliphatic rings. The summed E-state index contributed by atoms with van der Waals surface area (Å²) in [6, 6.07) is 10.6. The molecule has 1 unspecified atom stereocenters. The third-order valence-corrected chi connectivity index (χ3v) is 3.97. The highest BCUT2D eigenvalue weighted by Gasteiger charge is 2.13. The maximum absolute atomic E-state index is 13.3. The Morgan fingerprint density at radius 3 is 2.19 bits per heavy atom. The van der Waals surface area contributed by atoms with E-state index in [-0.39, 0.29) is 6.04 Å². The first-order valence-corrected chi connectivity index (χ1v) is 7.17. The van der Waals surface area contributed by atoms with Gasteiger partial charge in [-0.05, 0) is 68.1 Å². The summed E-state index contributed by atoms with van der Waals surface area (Å²) >= 11 is 0. The van der Waals surface area contributed by atoms with Crippen LogP contribution >= 0.6 is 0 Å². The molecule has 1 N–H and O–H groups in total. The molecule has 112 valence electrons. The minimum absolute atomic E-state index is 0.190. The molecule has 0 bridgehead atoms. The van der Waals surface area contributed by atoms with Gasteiger partial charge in [-0.25, -0.2) is 8.78 Å². The second-order valence-electron chi connectivity index (χ2n) is 5.51. The van der Waals surface area contributed by atoms with Crippen LogP contribution in [0.15, 0.2) is 36.4 Å². The van der Waals surface area contributed by atoms with E-state index in [0.717, 1.165) is 12.0 Å². The Morgan fingerprint density at radius 2 is 1.62 bits per heavy atom. The van der Waals surface area contributed by atoms with E-state index in [0.29, 0.717) is 6.42 Å². The van der Waals surface area contributed by atoms with E-state index in [1.54, 1.807) is 6.07 Å². The minimum atomic E-state index is -0.797. The van der Waals surface area contributed by atoms with Gasteiger partial charge < -0.3 is 5.32 Å². The Labute approximate surface area is 125 Å². The lowest BCUT2D eigenvalue weighted by atomic mass is 9.93. The van der Waals surface area contributed by atoms with Crippen LogP contribution in [-0.4, -0.2) is 13.1 Å². The molecule has 1 nitrogen and oxygen atoms in total. The number of halogens is 2. The van der Waals surface area contributed by atoms with Gasteiger partial charge in [0.2, 0.25) is 0 Å². The fourth-order valence-electron chi connectivity index (χ4n) is 2.64. The number of nitrogens with one attached hydrogen (secondary N) is 1. The Kier molecular flexibility index (Phi) is 5.07. The van der Waals surface area contributed by atoms with Crippen molar-refractivity contribution in [2.45, 2.75) is 32.7 Å². The minimum Gasteiger partial charge on any atom is -0.316 e. The third kappa shape index (κ3) is 3.88. The molecule has 0 saturated carbocycles. The van der Waals surface area contributed by atoms with Crippen LogP contribution in [-0.2, 0) is 12.8 Å². The van der Waals surface area contributed by atoms with Crippen LogP contribution in [0.3, 0.4) is 0 Å². The molecule has 0 saturated heterocycles. The summed E-state index contributed by atoms with van der Waals surface area (Å²) in [4.78, 5) is 0. The van der Waals surface area contributed by atoms with Crippen molar-refractivity contribution in [1.29, 1.82) is 0 Å². The van der Waals surface area contributed by atoms with Crippen LogP contribution in [0.4, 0.5) is 8.78 Å². The van der Waals surface area contributed by atoms with Crippen LogP contribution in [0, 0.1) is 25.5 Å². The normalized spacial score (nSPS) is 12.4. The molecule has 2 rings (SSSR count). The molecule has 2 aromatic carbocycles. The van der Waals surface area contributed by atoms with Gasteiger partial charge in [-0.2, -0.15) is 0 Å². The second kappa shape index (κ2) is 6.81. The van der Waals surface area contributed by atoms with Crippen molar-refractivity contribution in [2.24, 2.45) is 0 Å². The van der Waals surface area contributed by atoms with Crippen molar-refractivity contribution < 1.29 is 8.78 Å². The molecule has 0 radical (unpaired) electrons. The second-order valence-corrected chi connectivity index (χ2v) is 5.51. The van der Waals surface area contributed by atoms with Gasteiger partial charge in [0.05, 0.1) is 0 Å². The van der Waals surface area contributed by atoms with E-state index in [2.05, 4.69) is 37.4 Å². The molecule has 3 heteroatoms. The maximum atomic E-state index is 13.3. The Hall–Kier alpha value is -1.74. The zero-order chi connectivity index (χ0) is 15.4. The summed E-state index contributed by atoms with van der Waals surface area (Å²) in [6.45, 7) is 4.21. The highest BCUT2D eigenvalue weighted by atomic mass is 19.2. The zero-order valence-electron chi connectivity index (χ0n) is 12.7. The molecule has 0 fully saturated rings. The molecule has 0 aromatic heterocycles. The van der Waals surface area contributed by atoms with E-state index < -0.39 is 11.6 Å². The predicted molar refractivity (Wildman–Crippen MR) is 82.5 cm³/mol. The van der Waals surface area contributed by atoms with Gasteiger partial charge in [0.25, 0.3) is 0 Å². The van der Waals surface area contributed by atoms with Crippen molar-refractivity contribution in [1.82, 2.24) is 5.32 Å². The highest BCUT2D eigenvalue weighted by molar-refractivity contribution is 5.34. The fraction of sp³-hybridized carbons (Fsp3) is 0.333. The van der Waals surface area contributed by atoms with Crippen LogP contribution in [0.5, 0.6) is 0 Å². The average Bonchev–Trinajstić information content (AvgIpc) is 2.45. The molecule has 0 amide bonds. The number of benzene rings is 2. The zero-order valence-corrected chi connectivity index (χ0v) is 12.7. The topological polar surface area (TPSA) is 12.0 Å². The molecular weight excluding hydrogens is 268 g/mol. The van der Waals surface area contributed by atoms with Crippen LogP contribution in [0.1, 0.15) is 22.3 Å². The molecule has 0 aliphatic heterocycles. The summed E-state index contributed by atoms with van der Waals surface area (Å²) in [6.07, 6.45) is 1.54. The lowest BCUT2D eigenvalue weighted by Crippen LogP contribution is -2.30. The largest absolute Gasteiger partial charge is 0.316 e. The predicted octanol–water partition coefficient (Wildman–Crippen LogP) is 3.95. The first kappa shape index (κ1) is 15.6. The van der Waals surface area contributed by atoms with E-state index in [1.165, 1.54) is 28.8 Å². The van der Waals surface area contributed by atoms with Crippen LogP contribution < -0.4 is 5.32 Å². The molecule has 1 atom stereocenters. The van der Waals surface area contributed by atoms with E-state index in [4.69, 9.17) is 0 Å². The van der Waals surface area contributed by atoms with Gasteiger partial charge in [0, 0.05) is 6.04 Å². The number of aryl methyl sites for hydroxylation is 2. The van der Waals surface area contributed by atoms with Gasteiger partial charge in [-0.15, -0.1) is 0 Å². The Morgan fingerprint density at radius 1 is 0.952 bits per heavy atom. The van der Waals surface area contributed by atoms with Crippen molar-refractivity contribution >= 4 is 0 Å². The maximum Gasteiger partial charge on any atom is 0.159 e.